The maximum absolute atomic E-state index is 14.0. The van der Waals surface area contributed by atoms with Crippen LogP contribution in [0.2, 0.25) is 0 Å². The number of hydrogen-bond acceptors (Lipinski definition) is 6. The normalized spacial score (nSPS) is 19.6. The SMILES string of the molecule is CC(C)(C)c1ccc(C2c3sc(=O)n(CC(=O)Nc4ccccc4C(F)(F)F)c3SC3C(=O)N(c4ccc(F)cc4)C(=O)C32)cc1. The molecule has 3 atom stereocenters. The van der Waals surface area contributed by atoms with Gasteiger partial charge in [-0.05, 0) is 52.9 Å². The molecule has 238 valence electrons. The molecule has 46 heavy (non-hydrogen) atoms. The third kappa shape index (κ3) is 5.66. The summed E-state index contributed by atoms with van der Waals surface area (Å²) < 4.78 is 55.4. The molecular formula is C33H27F4N3O4S2. The number of carbonyl (C=O) groups excluding carboxylic acids is 3. The Morgan fingerprint density at radius 2 is 1.54 bits per heavy atom. The molecule has 0 saturated carbocycles. The van der Waals surface area contributed by atoms with Gasteiger partial charge in [0.1, 0.15) is 17.6 Å². The van der Waals surface area contributed by atoms with Crippen LogP contribution in [0.25, 0.3) is 0 Å². The van der Waals surface area contributed by atoms with Gasteiger partial charge in [0, 0.05) is 10.8 Å². The number of nitrogens with zero attached hydrogens (tertiary/aromatic N) is 2. The van der Waals surface area contributed by atoms with Crippen molar-refractivity contribution in [2.24, 2.45) is 5.92 Å². The number of alkyl halides is 3. The summed E-state index contributed by atoms with van der Waals surface area (Å²) in [5.41, 5.74) is 0.268. The van der Waals surface area contributed by atoms with Crippen LogP contribution in [0, 0.1) is 11.7 Å². The quantitative estimate of drug-likeness (QED) is 0.187. The highest BCUT2D eigenvalue weighted by Crippen LogP contribution is 2.54. The number of hydrogen-bond donors (Lipinski definition) is 1. The lowest BCUT2D eigenvalue weighted by Gasteiger charge is -2.31. The fourth-order valence-electron chi connectivity index (χ4n) is 5.82. The number of halogens is 4. The number of benzene rings is 3. The Balaban J connectivity index is 1.41. The monoisotopic (exact) mass is 669 g/mol. The molecule has 3 heterocycles. The molecule has 0 bridgehead atoms. The number of carbonyl (C=O) groups is 3. The number of fused-ring (bicyclic) bond motifs is 2. The van der Waals surface area contributed by atoms with Gasteiger partial charge in [-0.3, -0.25) is 23.7 Å². The first-order valence-corrected chi connectivity index (χ1v) is 15.9. The fourth-order valence-corrected chi connectivity index (χ4v) is 8.60. The Bertz CT molecular complexity index is 1910. The lowest BCUT2D eigenvalue weighted by Crippen LogP contribution is -2.33. The highest BCUT2D eigenvalue weighted by atomic mass is 32.2. The van der Waals surface area contributed by atoms with Gasteiger partial charge in [0.15, 0.2) is 0 Å². The minimum atomic E-state index is -4.71. The zero-order valence-corrected chi connectivity index (χ0v) is 26.4. The molecule has 1 N–H and O–H groups in total. The molecule has 2 aliphatic rings. The Kier molecular flexibility index (Phi) is 7.96. The number of amides is 3. The first-order chi connectivity index (χ1) is 21.6. The van der Waals surface area contributed by atoms with E-state index in [4.69, 9.17) is 0 Å². The standard InChI is InChI=1S/C33H27F4N3O4S2/c1-32(2,3)18-10-8-17(9-11-18)24-25-26(29(43)40(28(25)42)20-14-12-19(34)13-15-20)45-30-27(24)46-31(44)39(30)16-23(41)38-22-7-5-4-6-21(22)33(35,36)37/h4-15,24-26H,16H2,1-3H3,(H,38,41). The first kappa shape index (κ1) is 31.7. The Labute approximate surface area is 269 Å². The van der Waals surface area contributed by atoms with E-state index in [9.17, 15) is 36.7 Å². The van der Waals surface area contributed by atoms with Gasteiger partial charge in [-0.1, -0.05) is 80.3 Å². The predicted octanol–water partition coefficient (Wildman–Crippen LogP) is 6.80. The highest BCUT2D eigenvalue weighted by Gasteiger charge is 2.57. The van der Waals surface area contributed by atoms with E-state index in [0.29, 0.717) is 15.5 Å². The van der Waals surface area contributed by atoms with Crippen molar-refractivity contribution in [3.8, 4) is 0 Å². The van der Waals surface area contributed by atoms with Gasteiger partial charge in [0.05, 0.1) is 27.9 Å². The summed E-state index contributed by atoms with van der Waals surface area (Å²) in [5.74, 6) is -4.09. The molecule has 4 aromatic rings. The fraction of sp³-hybridized carbons (Fsp3) is 0.273. The van der Waals surface area contributed by atoms with Crippen molar-refractivity contribution < 1.29 is 31.9 Å². The number of anilines is 2. The molecule has 1 aromatic heterocycles. The summed E-state index contributed by atoms with van der Waals surface area (Å²) in [6, 6.07) is 17.1. The third-order valence-corrected chi connectivity index (χ3v) is 10.7. The van der Waals surface area contributed by atoms with Gasteiger partial charge in [0.2, 0.25) is 17.7 Å². The lowest BCUT2D eigenvalue weighted by molar-refractivity contribution is -0.137. The Hall–Kier alpha value is -4.23. The molecule has 0 aliphatic carbocycles. The predicted molar refractivity (Wildman–Crippen MR) is 168 cm³/mol. The van der Waals surface area contributed by atoms with Crippen LogP contribution in [0.1, 0.15) is 48.3 Å². The van der Waals surface area contributed by atoms with Gasteiger partial charge >= 0.3 is 11.0 Å². The van der Waals surface area contributed by atoms with E-state index in [1.54, 1.807) is 0 Å². The summed E-state index contributed by atoms with van der Waals surface area (Å²) in [7, 11) is 0. The topological polar surface area (TPSA) is 88.5 Å². The number of rotatable bonds is 5. The van der Waals surface area contributed by atoms with Crippen molar-refractivity contribution in [3.63, 3.8) is 0 Å². The maximum Gasteiger partial charge on any atom is 0.418 e. The van der Waals surface area contributed by atoms with E-state index in [0.717, 1.165) is 62.4 Å². The second-order valence-electron chi connectivity index (χ2n) is 12.1. The van der Waals surface area contributed by atoms with Gasteiger partial charge in [-0.2, -0.15) is 13.2 Å². The lowest BCUT2D eigenvalue weighted by atomic mass is 9.81. The second kappa shape index (κ2) is 11.5. The molecule has 1 saturated heterocycles. The van der Waals surface area contributed by atoms with Crippen molar-refractivity contribution >= 4 is 52.2 Å². The van der Waals surface area contributed by atoms with Crippen LogP contribution in [0.5, 0.6) is 0 Å². The number of imide groups is 1. The molecule has 7 nitrogen and oxygen atoms in total. The van der Waals surface area contributed by atoms with E-state index in [1.807, 2.05) is 24.3 Å². The van der Waals surface area contributed by atoms with E-state index in [2.05, 4.69) is 26.1 Å². The second-order valence-corrected chi connectivity index (χ2v) is 14.2. The number of thiazole rings is 1. The minimum Gasteiger partial charge on any atom is -0.324 e. The Morgan fingerprint density at radius 3 is 2.17 bits per heavy atom. The molecule has 3 aromatic carbocycles. The summed E-state index contributed by atoms with van der Waals surface area (Å²) in [5, 5.41) is 1.58. The van der Waals surface area contributed by atoms with Crippen molar-refractivity contribution in [3.05, 3.63) is 110 Å². The smallest absolute Gasteiger partial charge is 0.324 e. The first-order valence-electron chi connectivity index (χ1n) is 14.2. The number of para-hydroxylation sites is 1. The van der Waals surface area contributed by atoms with E-state index >= 15 is 0 Å². The molecule has 2 aliphatic heterocycles. The molecule has 3 unspecified atom stereocenters. The summed E-state index contributed by atoms with van der Waals surface area (Å²) >= 11 is 1.81. The van der Waals surface area contributed by atoms with E-state index in [-0.39, 0.29) is 11.1 Å². The van der Waals surface area contributed by atoms with Crippen LogP contribution in [-0.4, -0.2) is 27.5 Å². The molecular weight excluding hydrogens is 643 g/mol. The Morgan fingerprint density at radius 1 is 0.891 bits per heavy atom. The third-order valence-electron chi connectivity index (χ3n) is 8.08. The van der Waals surface area contributed by atoms with Crippen LogP contribution in [0.15, 0.2) is 82.6 Å². The molecule has 6 rings (SSSR count). The van der Waals surface area contributed by atoms with Gasteiger partial charge in [-0.15, -0.1) is 0 Å². The number of thioether (sulfide) groups is 1. The number of aromatic nitrogens is 1. The zero-order chi connectivity index (χ0) is 33.1. The van der Waals surface area contributed by atoms with Crippen LogP contribution in [0.4, 0.5) is 28.9 Å². The minimum absolute atomic E-state index is 0.167. The summed E-state index contributed by atoms with van der Waals surface area (Å²) in [4.78, 5) is 55.3. The average molecular weight is 670 g/mol. The molecule has 13 heteroatoms. The number of nitrogens with one attached hydrogen (secondary N) is 1. The largest absolute Gasteiger partial charge is 0.418 e. The van der Waals surface area contributed by atoms with Gasteiger partial charge in [-0.25, -0.2) is 9.29 Å². The molecule has 0 spiro atoms. The van der Waals surface area contributed by atoms with Gasteiger partial charge < -0.3 is 5.32 Å². The maximum atomic E-state index is 14.0. The summed E-state index contributed by atoms with van der Waals surface area (Å²) in [6.07, 6.45) is -4.71. The van der Waals surface area contributed by atoms with Crippen molar-refractivity contribution in [1.82, 2.24) is 4.57 Å². The molecule has 0 radical (unpaired) electrons. The van der Waals surface area contributed by atoms with Crippen LogP contribution >= 0.6 is 23.1 Å². The van der Waals surface area contributed by atoms with E-state index in [1.165, 1.54) is 24.3 Å². The van der Waals surface area contributed by atoms with E-state index < -0.39 is 69.5 Å². The van der Waals surface area contributed by atoms with Crippen molar-refractivity contribution in [2.75, 3.05) is 10.2 Å². The van der Waals surface area contributed by atoms with Gasteiger partial charge in [0.25, 0.3) is 0 Å². The van der Waals surface area contributed by atoms with Crippen LogP contribution in [-0.2, 0) is 32.5 Å². The van der Waals surface area contributed by atoms with Crippen LogP contribution in [0.3, 0.4) is 0 Å². The highest BCUT2D eigenvalue weighted by molar-refractivity contribution is 8.00. The molecule has 1 fully saturated rings. The van der Waals surface area contributed by atoms with Crippen molar-refractivity contribution in [1.29, 1.82) is 0 Å². The zero-order valence-electron chi connectivity index (χ0n) is 24.7. The molecule has 3 amide bonds. The van der Waals surface area contributed by atoms with Crippen LogP contribution < -0.4 is 15.1 Å². The average Bonchev–Trinajstić information content (AvgIpc) is 3.43. The van der Waals surface area contributed by atoms with Crippen molar-refractivity contribution in [2.45, 2.75) is 55.1 Å². The summed E-state index contributed by atoms with van der Waals surface area (Å²) in [6.45, 7) is 5.55.